The number of hydrogen-bond acceptors (Lipinski definition) is 4. The number of halogens is 1. The topological polar surface area (TPSA) is 81.4 Å². The van der Waals surface area contributed by atoms with Crippen molar-refractivity contribution in [2.75, 3.05) is 7.11 Å². The van der Waals surface area contributed by atoms with E-state index < -0.39 is 12.0 Å². The average molecular weight is 299 g/mol. The monoisotopic (exact) mass is 298 g/mol. The zero-order valence-electron chi connectivity index (χ0n) is 11.6. The molecule has 6 heteroatoms. The summed E-state index contributed by atoms with van der Waals surface area (Å²) in [5.41, 5.74) is 6.37. The molecule has 0 aliphatic heterocycles. The van der Waals surface area contributed by atoms with E-state index in [1.165, 1.54) is 7.11 Å². The number of carbonyl (C=O) groups is 2. The fourth-order valence-electron chi connectivity index (χ4n) is 1.74. The predicted octanol–water partition coefficient (Wildman–Crippen LogP) is 1.80. The molecular formula is C14H19ClN2O3. The summed E-state index contributed by atoms with van der Waals surface area (Å²) in [7, 11) is 1.31. The van der Waals surface area contributed by atoms with Crippen LogP contribution in [0.5, 0.6) is 0 Å². The first-order valence-electron chi connectivity index (χ1n) is 6.29. The second-order valence-corrected chi connectivity index (χ2v) is 5.07. The highest BCUT2D eigenvalue weighted by molar-refractivity contribution is 6.30. The van der Waals surface area contributed by atoms with Gasteiger partial charge < -0.3 is 15.8 Å². The Bertz CT molecular complexity index is 460. The first-order valence-corrected chi connectivity index (χ1v) is 6.67. The van der Waals surface area contributed by atoms with Crippen LogP contribution < -0.4 is 11.1 Å². The first-order chi connectivity index (χ1) is 9.42. The summed E-state index contributed by atoms with van der Waals surface area (Å²) in [6.45, 7) is 1.75. The van der Waals surface area contributed by atoms with Crippen LogP contribution >= 0.6 is 11.6 Å². The minimum Gasteiger partial charge on any atom is -0.469 e. The lowest BCUT2D eigenvalue weighted by Gasteiger charge is -2.19. The van der Waals surface area contributed by atoms with Crippen LogP contribution in [0.2, 0.25) is 5.02 Å². The van der Waals surface area contributed by atoms with E-state index in [0.717, 1.165) is 5.56 Å². The molecule has 1 aromatic rings. The Morgan fingerprint density at radius 3 is 2.40 bits per heavy atom. The number of nitrogens with two attached hydrogens (primary N) is 1. The number of rotatable bonds is 6. The van der Waals surface area contributed by atoms with Crippen molar-refractivity contribution in [2.45, 2.75) is 31.8 Å². The molecule has 0 radical (unpaired) electrons. The zero-order chi connectivity index (χ0) is 15.1. The number of esters is 1. The van der Waals surface area contributed by atoms with Crippen molar-refractivity contribution in [3.05, 3.63) is 34.9 Å². The molecule has 0 aromatic heterocycles. The summed E-state index contributed by atoms with van der Waals surface area (Å²) in [4.78, 5) is 23.2. The van der Waals surface area contributed by atoms with E-state index in [0.29, 0.717) is 5.02 Å². The molecule has 1 rings (SSSR count). The third kappa shape index (κ3) is 5.59. The SMILES string of the molecule is COC(=O)C[C@H](NC(=O)CC(C)N)c1ccc(Cl)cc1. The fourth-order valence-corrected chi connectivity index (χ4v) is 1.87. The Morgan fingerprint density at radius 1 is 1.30 bits per heavy atom. The molecule has 1 amide bonds. The first kappa shape index (κ1) is 16.5. The number of nitrogens with one attached hydrogen (secondary N) is 1. The maximum absolute atomic E-state index is 11.8. The lowest BCUT2D eigenvalue weighted by atomic mass is 10.0. The predicted molar refractivity (Wildman–Crippen MR) is 77.2 cm³/mol. The van der Waals surface area contributed by atoms with E-state index in [9.17, 15) is 9.59 Å². The molecule has 1 unspecified atom stereocenters. The van der Waals surface area contributed by atoms with E-state index in [1.54, 1.807) is 31.2 Å². The van der Waals surface area contributed by atoms with Crippen LogP contribution in [0.1, 0.15) is 31.4 Å². The average Bonchev–Trinajstić information content (AvgIpc) is 2.37. The summed E-state index contributed by atoms with van der Waals surface area (Å²) in [6, 6.07) is 6.26. The molecule has 1 aromatic carbocycles. The van der Waals surface area contributed by atoms with Crippen molar-refractivity contribution >= 4 is 23.5 Å². The van der Waals surface area contributed by atoms with Crippen LogP contribution in [0.4, 0.5) is 0 Å². The van der Waals surface area contributed by atoms with Gasteiger partial charge in [0.1, 0.15) is 0 Å². The lowest BCUT2D eigenvalue weighted by molar-refractivity contribution is -0.141. The zero-order valence-corrected chi connectivity index (χ0v) is 12.3. The highest BCUT2D eigenvalue weighted by Gasteiger charge is 2.19. The number of hydrogen-bond donors (Lipinski definition) is 2. The van der Waals surface area contributed by atoms with Gasteiger partial charge in [-0.2, -0.15) is 0 Å². The smallest absolute Gasteiger partial charge is 0.307 e. The molecule has 3 N–H and O–H groups in total. The van der Waals surface area contributed by atoms with Gasteiger partial charge in [0.05, 0.1) is 19.6 Å². The van der Waals surface area contributed by atoms with Gasteiger partial charge in [-0.05, 0) is 24.6 Å². The van der Waals surface area contributed by atoms with Gasteiger partial charge in [0.15, 0.2) is 0 Å². The summed E-state index contributed by atoms with van der Waals surface area (Å²) in [5.74, 6) is -0.602. The number of ether oxygens (including phenoxy) is 1. The molecule has 5 nitrogen and oxygen atoms in total. The van der Waals surface area contributed by atoms with Gasteiger partial charge >= 0.3 is 5.97 Å². The lowest BCUT2D eigenvalue weighted by Crippen LogP contribution is -2.34. The van der Waals surface area contributed by atoms with Crippen molar-refractivity contribution in [3.63, 3.8) is 0 Å². The van der Waals surface area contributed by atoms with Crippen LogP contribution in [-0.4, -0.2) is 25.0 Å². The van der Waals surface area contributed by atoms with Crippen molar-refractivity contribution in [2.24, 2.45) is 5.73 Å². The molecule has 0 saturated carbocycles. The summed E-state index contributed by atoms with van der Waals surface area (Å²) in [6.07, 6.45) is 0.258. The van der Waals surface area contributed by atoms with Gasteiger partial charge in [0.2, 0.25) is 5.91 Å². The third-order valence-electron chi connectivity index (χ3n) is 2.71. The highest BCUT2D eigenvalue weighted by atomic mass is 35.5. The normalized spacial score (nSPS) is 13.4. The van der Waals surface area contributed by atoms with E-state index in [2.05, 4.69) is 10.1 Å². The molecule has 0 bridgehead atoms. The van der Waals surface area contributed by atoms with Gasteiger partial charge in [-0.1, -0.05) is 23.7 Å². The molecule has 0 aliphatic rings. The number of amides is 1. The Balaban J connectivity index is 2.82. The van der Waals surface area contributed by atoms with Crippen molar-refractivity contribution in [1.82, 2.24) is 5.32 Å². The summed E-state index contributed by atoms with van der Waals surface area (Å²) in [5, 5.41) is 3.38. The van der Waals surface area contributed by atoms with Crippen LogP contribution in [0.15, 0.2) is 24.3 Å². The second kappa shape index (κ2) is 7.87. The molecule has 2 atom stereocenters. The quantitative estimate of drug-likeness (QED) is 0.785. The largest absolute Gasteiger partial charge is 0.469 e. The Hall–Kier alpha value is -1.59. The minimum absolute atomic E-state index is 0.0584. The van der Waals surface area contributed by atoms with Crippen molar-refractivity contribution < 1.29 is 14.3 Å². The molecule has 0 aliphatic carbocycles. The Labute approximate surface area is 123 Å². The molecule has 20 heavy (non-hydrogen) atoms. The van der Waals surface area contributed by atoms with Gasteiger partial charge in [-0.15, -0.1) is 0 Å². The summed E-state index contributed by atoms with van der Waals surface area (Å²) >= 11 is 5.83. The van der Waals surface area contributed by atoms with Crippen LogP contribution in [0, 0.1) is 0 Å². The van der Waals surface area contributed by atoms with Crippen LogP contribution in [0.25, 0.3) is 0 Å². The Morgan fingerprint density at radius 2 is 1.90 bits per heavy atom. The van der Waals surface area contributed by atoms with Gasteiger partial charge in [0, 0.05) is 17.5 Å². The molecular weight excluding hydrogens is 280 g/mol. The van der Waals surface area contributed by atoms with E-state index in [4.69, 9.17) is 17.3 Å². The summed E-state index contributed by atoms with van der Waals surface area (Å²) < 4.78 is 4.65. The number of methoxy groups -OCH3 is 1. The standard InChI is InChI=1S/C14H19ClN2O3/c1-9(16)7-13(18)17-12(8-14(19)20-2)10-3-5-11(15)6-4-10/h3-6,9,12H,7-8,16H2,1-2H3,(H,17,18)/t9?,12-/m0/s1. The van der Waals surface area contributed by atoms with E-state index >= 15 is 0 Å². The van der Waals surface area contributed by atoms with Crippen molar-refractivity contribution in [3.8, 4) is 0 Å². The van der Waals surface area contributed by atoms with Crippen LogP contribution in [0.3, 0.4) is 0 Å². The van der Waals surface area contributed by atoms with Crippen LogP contribution in [-0.2, 0) is 14.3 Å². The van der Waals surface area contributed by atoms with Gasteiger partial charge in [0.25, 0.3) is 0 Å². The highest BCUT2D eigenvalue weighted by Crippen LogP contribution is 2.20. The fraction of sp³-hybridized carbons (Fsp3) is 0.429. The third-order valence-corrected chi connectivity index (χ3v) is 2.97. The Kier molecular flexibility index (Phi) is 6.48. The molecule has 110 valence electrons. The maximum Gasteiger partial charge on any atom is 0.307 e. The van der Waals surface area contributed by atoms with E-state index in [-0.39, 0.29) is 24.8 Å². The van der Waals surface area contributed by atoms with E-state index in [1.807, 2.05) is 0 Å². The maximum atomic E-state index is 11.8. The minimum atomic E-state index is -0.453. The number of carbonyl (C=O) groups excluding carboxylic acids is 2. The molecule has 0 fully saturated rings. The van der Waals surface area contributed by atoms with Gasteiger partial charge in [-0.25, -0.2) is 0 Å². The van der Waals surface area contributed by atoms with Crippen molar-refractivity contribution in [1.29, 1.82) is 0 Å². The number of benzene rings is 1. The molecule has 0 spiro atoms. The van der Waals surface area contributed by atoms with Gasteiger partial charge in [-0.3, -0.25) is 9.59 Å². The molecule has 0 saturated heterocycles. The second-order valence-electron chi connectivity index (χ2n) is 4.63. The molecule has 0 heterocycles.